The van der Waals surface area contributed by atoms with Crippen molar-refractivity contribution in [1.29, 1.82) is 0 Å². The fourth-order valence-electron chi connectivity index (χ4n) is 3.54. The highest BCUT2D eigenvalue weighted by molar-refractivity contribution is 6.30. The molecule has 4 rings (SSSR count). The molecule has 1 aromatic carbocycles. The molecule has 1 saturated heterocycles. The summed E-state index contributed by atoms with van der Waals surface area (Å²) in [5.41, 5.74) is 4.43. The average Bonchev–Trinajstić information content (AvgIpc) is 3.14. The van der Waals surface area contributed by atoms with Crippen LogP contribution in [-0.2, 0) is 17.7 Å². The Labute approximate surface area is 164 Å². The van der Waals surface area contributed by atoms with E-state index in [1.165, 1.54) is 11.1 Å². The first-order chi connectivity index (χ1) is 13.2. The van der Waals surface area contributed by atoms with Crippen LogP contribution >= 0.6 is 11.6 Å². The zero-order valence-electron chi connectivity index (χ0n) is 15.4. The first kappa shape index (κ1) is 18.2. The largest absolute Gasteiger partial charge is 0.369 e. The molecular formula is C21H23ClN4O. The maximum absolute atomic E-state index is 6.12. The lowest BCUT2D eigenvalue weighted by Gasteiger charge is -2.32. The molecule has 1 N–H and O–H groups in total. The first-order valence-electron chi connectivity index (χ1n) is 9.20. The summed E-state index contributed by atoms with van der Waals surface area (Å²) < 4.78 is 6.04. The number of aromatic amines is 1. The summed E-state index contributed by atoms with van der Waals surface area (Å²) in [6.45, 7) is 5.25. The van der Waals surface area contributed by atoms with Crippen molar-refractivity contribution in [2.24, 2.45) is 0 Å². The molecule has 1 aliphatic rings. The lowest BCUT2D eigenvalue weighted by molar-refractivity contribution is -0.0357. The molecule has 6 heteroatoms. The lowest BCUT2D eigenvalue weighted by atomic mass is 10.0. The van der Waals surface area contributed by atoms with E-state index in [0.29, 0.717) is 6.61 Å². The van der Waals surface area contributed by atoms with E-state index in [9.17, 15) is 0 Å². The molecule has 1 aliphatic heterocycles. The molecule has 0 spiro atoms. The first-order valence-corrected chi connectivity index (χ1v) is 9.57. The Hall–Kier alpha value is -2.21. The van der Waals surface area contributed by atoms with E-state index in [-0.39, 0.29) is 6.10 Å². The van der Waals surface area contributed by atoms with E-state index in [2.05, 4.69) is 33.1 Å². The van der Waals surface area contributed by atoms with Crippen molar-refractivity contribution in [3.63, 3.8) is 0 Å². The van der Waals surface area contributed by atoms with Gasteiger partial charge in [0.15, 0.2) is 0 Å². The van der Waals surface area contributed by atoms with Crippen LogP contribution in [0.1, 0.15) is 34.4 Å². The normalized spacial score (nSPS) is 17.9. The quantitative estimate of drug-likeness (QED) is 0.726. The molecule has 0 radical (unpaired) electrons. The van der Waals surface area contributed by atoms with Crippen LogP contribution in [0.25, 0.3) is 0 Å². The highest BCUT2D eigenvalue weighted by atomic mass is 35.5. The molecule has 1 fully saturated rings. The van der Waals surface area contributed by atoms with E-state index in [4.69, 9.17) is 21.3 Å². The number of aromatic nitrogens is 3. The van der Waals surface area contributed by atoms with Gasteiger partial charge in [-0.1, -0.05) is 23.7 Å². The van der Waals surface area contributed by atoms with Gasteiger partial charge in [-0.3, -0.25) is 9.88 Å². The van der Waals surface area contributed by atoms with Crippen molar-refractivity contribution in [3.05, 3.63) is 82.2 Å². The lowest BCUT2D eigenvalue weighted by Crippen LogP contribution is -2.38. The molecule has 0 unspecified atom stereocenters. The number of H-pyrrole nitrogens is 1. The Morgan fingerprint density at radius 2 is 2.19 bits per heavy atom. The smallest absolute Gasteiger partial charge is 0.120 e. The van der Waals surface area contributed by atoms with Crippen molar-refractivity contribution in [2.45, 2.75) is 26.0 Å². The van der Waals surface area contributed by atoms with Crippen LogP contribution in [0.15, 0.2) is 48.8 Å². The molecule has 2 aromatic heterocycles. The number of benzene rings is 1. The fraction of sp³-hybridized carbons (Fsp3) is 0.333. The van der Waals surface area contributed by atoms with Crippen LogP contribution in [0, 0.1) is 6.92 Å². The van der Waals surface area contributed by atoms with Gasteiger partial charge < -0.3 is 9.72 Å². The molecule has 1 atom stereocenters. The second-order valence-corrected chi connectivity index (χ2v) is 7.42. The van der Waals surface area contributed by atoms with Crippen molar-refractivity contribution in [3.8, 4) is 0 Å². The van der Waals surface area contributed by atoms with Crippen LogP contribution < -0.4 is 0 Å². The molecule has 3 aromatic rings. The third-order valence-electron chi connectivity index (χ3n) is 4.74. The number of halogens is 1. The maximum atomic E-state index is 6.12. The van der Waals surface area contributed by atoms with Crippen LogP contribution in [0.2, 0.25) is 5.02 Å². The Bertz CT molecular complexity index is 897. The number of nitrogens with zero attached hydrogens (tertiary/aromatic N) is 3. The van der Waals surface area contributed by atoms with Gasteiger partial charge >= 0.3 is 0 Å². The minimum absolute atomic E-state index is 0.0216. The maximum Gasteiger partial charge on any atom is 0.120 e. The molecule has 0 bridgehead atoms. The van der Waals surface area contributed by atoms with Gasteiger partial charge in [0, 0.05) is 36.2 Å². The van der Waals surface area contributed by atoms with E-state index < -0.39 is 0 Å². The minimum atomic E-state index is -0.0216. The summed E-state index contributed by atoms with van der Waals surface area (Å²) in [5, 5.41) is 0.766. The fourth-order valence-corrected chi connectivity index (χ4v) is 3.75. The van der Waals surface area contributed by atoms with Gasteiger partial charge in [-0.2, -0.15) is 0 Å². The van der Waals surface area contributed by atoms with Gasteiger partial charge in [0.25, 0.3) is 0 Å². The summed E-state index contributed by atoms with van der Waals surface area (Å²) >= 11 is 6.12. The number of aryl methyl sites for hydroxylation is 1. The summed E-state index contributed by atoms with van der Waals surface area (Å²) in [7, 11) is 0. The second kappa shape index (κ2) is 8.21. The van der Waals surface area contributed by atoms with Crippen molar-refractivity contribution in [2.75, 3.05) is 19.7 Å². The number of ether oxygens (including phenoxy) is 1. The van der Waals surface area contributed by atoms with Gasteiger partial charge in [0.05, 0.1) is 18.8 Å². The highest BCUT2D eigenvalue weighted by Gasteiger charge is 2.24. The third kappa shape index (κ3) is 4.75. The van der Waals surface area contributed by atoms with Crippen LogP contribution in [0.5, 0.6) is 0 Å². The zero-order valence-corrected chi connectivity index (χ0v) is 16.1. The topological polar surface area (TPSA) is 54.0 Å². The number of rotatable bonds is 5. The van der Waals surface area contributed by atoms with Crippen LogP contribution in [-0.4, -0.2) is 39.5 Å². The molecule has 27 heavy (non-hydrogen) atoms. The Balaban J connectivity index is 1.50. The molecule has 5 nitrogen and oxygen atoms in total. The summed E-state index contributed by atoms with van der Waals surface area (Å²) in [6, 6.07) is 12.3. The number of pyridine rings is 1. The molecule has 140 valence electrons. The second-order valence-electron chi connectivity index (χ2n) is 6.98. The number of hydrogen-bond acceptors (Lipinski definition) is 4. The number of imidazole rings is 1. The SMILES string of the molecule is Cc1cc(Cc2cccc(Cl)c2)cc([C@H]2CN(Cc3ncc[nH]3)CCO2)n1. The molecule has 3 heterocycles. The standard InChI is InChI=1S/C21H23ClN4O/c1-15-9-17(10-16-3-2-4-18(22)11-16)12-19(25-15)20-13-26(7-8-27-20)14-21-23-5-6-24-21/h2-6,9,11-12,20H,7-8,10,13-14H2,1H3,(H,23,24)/t20-/m1/s1. The zero-order chi connectivity index (χ0) is 18.6. The van der Waals surface area contributed by atoms with Crippen LogP contribution in [0.3, 0.4) is 0 Å². The Morgan fingerprint density at radius 1 is 1.26 bits per heavy atom. The monoisotopic (exact) mass is 382 g/mol. The molecule has 0 saturated carbocycles. The van der Waals surface area contributed by atoms with E-state index in [1.54, 1.807) is 6.20 Å². The summed E-state index contributed by atoms with van der Waals surface area (Å²) in [5.74, 6) is 0.981. The van der Waals surface area contributed by atoms with Crippen molar-refractivity contribution < 1.29 is 4.74 Å². The Kier molecular flexibility index (Phi) is 5.53. The highest BCUT2D eigenvalue weighted by Crippen LogP contribution is 2.24. The van der Waals surface area contributed by atoms with Crippen LogP contribution in [0.4, 0.5) is 0 Å². The van der Waals surface area contributed by atoms with Gasteiger partial charge in [0.1, 0.15) is 11.9 Å². The van der Waals surface area contributed by atoms with Crippen molar-refractivity contribution in [1.82, 2.24) is 19.9 Å². The van der Waals surface area contributed by atoms with E-state index in [1.807, 2.05) is 31.3 Å². The average molecular weight is 383 g/mol. The van der Waals surface area contributed by atoms with Crippen molar-refractivity contribution >= 4 is 11.6 Å². The third-order valence-corrected chi connectivity index (χ3v) is 4.97. The molecule has 0 aliphatic carbocycles. The summed E-state index contributed by atoms with van der Waals surface area (Å²) in [6.07, 6.45) is 4.46. The summed E-state index contributed by atoms with van der Waals surface area (Å²) in [4.78, 5) is 14.6. The van der Waals surface area contributed by atoms with E-state index in [0.717, 1.165) is 48.3 Å². The van der Waals surface area contributed by atoms with Gasteiger partial charge in [-0.15, -0.1) is 0 Å². The minimum Gasteiger partial charge on any atom is -0.369 e. The van der Waals surface area contributed by atoms with E-state index >= 15 is 0 Å². The molecular weight excluding hydrogens is 360 g/mol. The number of nitrogens with one attached hydrogen (secondary N) is 1. The molecule has 0 amide bonds. The predicted octanol–water partition coefficient (Wildman–Crippen LogP) is 3.93. The van der Waals surface area contributed by atoms with Gasteiger partial charge in [-0.25, -0.2) is 4.98 Å². The van der Waals surface area contributed by atoms with Gasteiger partial charge in [0.2, 0.25) is 0 Å². The number of morpholine rings is 1. The number of hydrogen-bond donors (Lipinski definition) is 1. The van der Waals surface area contributed by atoms with Gasteiger partial charge in [-0.05, 0) is 48.7 Å². The predicted molar refractivity (Wildman–Crippen MR) is 106 cm³/mol. The Morgan fingerprint density at radius 3 is 3.00 bits per heavy atom.